The molecule has 0 bridgehead atoms. The Kier molecular flexibility index (Phi) is 13.1. The van der Waals surface area contributed by atoms with Gasteiger partial charge in [0.05, 0.1) is 83.1 Å². The van der Waals surface area contributed by atoms with Crippen LogP contribution in [0.4, 0.5) is 22.7 Å². The van der Waals surface area contributed by atoms with E-state index in [2.05, 4.69) is 11.9 Å². The highest BCUT2D eigenvalue weighted by Gasteiger charge is 2.31. The molecule has 8 aromatic rings. The molecule has 2 aromatic heterocycles. The average Bonchev–Trinajstić information content (AvgIpc) is 4.06. The first-order valence-electron chi connectivity index (χ1n) is 22.1. The van der Waals surface area contributed by atoms with Crippen LogP contribution in [0, 0.1) is 0 Å². The van der Waals surface area contributed by atoms with Gasteiger partial charge in [-0.3, -0.25) is 76.9 Å². The first-order chi connectivity index (χ1) is 34.8. The minimum absolute atomic E-state index is 0.0246. The van der Waals surface area contributed by atoms with Crippen LogP contribution < -0.4 is 72.2 Å². The van der Waals surface area contributed by atoms with E-state index in [1.54, 1.807) is 24.3 Å². The molecule has 0 atom stereocenters. The molecule has 26 heteroatoms. The number of benzene rings is 6. The van der Waals surface area contributed by atoms with Crippen molar-refractivity contribution in [1.29, 1.82) is 0 Å². The van der Waals surface area contributed by atoms with Crippen molar-refractivity contribution in [3.05, 3.63) is 143 Å². The minimum atomic E-state index is -3.89. The number of hydrogen-bond donors (Lipinski definition) is 5. The van der Waals surface area contributed by atoms with Gasteiger partial charge in [-0.1, -0.05) is 55.1 Å². The number of nitrogens with one attached hydrogen (secondary N) is 1. The summed E-state index contributed by atoms with van der Waals surface area (Å²) in [5.74, 6) is -2.92. The number of aromatic nitrogens is 2. The van der Waals surface area contributed by atoms with Crippen molar-refractivity contribution < 1.29 is 36.0 Å². The maximum atomic E-state index is 13.2. The Morgan fingerprint density at radius 2 is 0.743 bits per heavy atom. The molecule has 0 aliphatic carbocycles. The van der Waals surface area contributed by atoms with Crippen molar-refractivity contribution in [2.45, 2.75) is 38.8 Å². The number of imide groups is 2. The molecule has 6 aromatic carbocycles. The van der Waals surface area contributed by atoms with Crippen LogP contribution in [-0.4, -0.2) is 78.3 Å². The topological polar surface area (TPSA) is 402 Å². The van der Waals surface area contributed by atoms with Crippen molar-refractivity contribution in [2.24, 2.45) is 0 Å². The zero-order valence-electron chi connectivity index (χ0n) is 38.5. The molecule has 4 amide bonds. The van der Waals surface area contributed by atoms with Crippen LogP contribution in [-0.2, 0) is 51.9 Å². The van der Waals surface area contributed by atoms with Gasteiger partial charge in [0.25, 0.3) is 22.2 Å². The molecule has 2 saturated heterocycles. The summed E-state index contributed by atoms with van der Waals surface area (Å²) in [6.07, 6.45) is 0.797. The summed E-state index contributed by atoms with van der Waals surface area (Å²) in [5.41, 5.74) is 17.1. The van der Waals surface area contributed by atoms with Crippen LogP contribution in [0.3, 0.4) is 0 Å². The number of sulfone groups is 2. The van der Waals surface area contributed by atoms with Gasteiger partial charge >= 0.3 is 0 Å². The van der Waals surface area contributed by atoms with E-state index in [0.717, 1.165) is 10.3 Å². The maximum absolute atomic E-state index is 13.2. The molecule has 10 rings (SSSR count). The molecule has 0 radical (unpaired) electrons. The van der Waals surface area contributed by atoms with E-state index in [0.29, 0.717) is 22.0 Å². The van der Waals surface area contributed by atoms with Crippen molar-refractivity contribution in [3.8, 4) is 0 Å². The standard InChI is InChI=1S/C24H20N4O8S.C20H15N3O6S.C4H5NO2/c25-19-15-16(22(32)12-4-2-1-3-11(12)21(15)31)20(26)18-17(19)23(33)28(24(18)34)8-10-37(35,36)9-7-27-13(29)5-6-14(27)30;1-2-30(28,29)8-7-23-19(26)13-14(20(23)27)16(22)12-11(15(13)21)17(24)9-5-3-4-6-10(9)18(12)25;6-3-1-2-4(7)5-3/h1-4H,5-10,25-26H2;2-6H,1,7-8,21-22H2;1-2H2,(H,5,6,7). The summed E-state index contributed by atoms with van der Waals surface area (Å²) in [6, 6.07) is 12.1. The molecule has 2 aliphatic heterocycles. The lowest BCUT2D eigenvalue weighted by Crippen LogP contribution is -2.35. The lowest BCUT2D eigenvalue weighted by molar-refractivity contribution is -0.138. The Bertz CT molecular complexity index is 4330. The van der Waals surface area contributed by atoms with E-state index < -0.39 is 106 Å². The highest BCUT2D eigenvalue weighted by atomic mass is 32.2. The Balaban J connectivity index is 0.000000177. The lowest BCUT2D eigenvalue weighted by Gasteiger charge is -2.13. The average molecular weight is 1050 g/mol. The summed E-state index contributed by atoms with van der Waals surface area (Å²) >= 11 is 0. The van der Waals surface area contributed by atoms with Crippen LogP contribution in [0.1, 0.15) is 25.7 Å². The van der Waals surface area contributed by atoms with Gasteiger partial charge in [0.2, 0.25) is 23.6 Å². The zero-order chi connectivity index (χ0) is 54.0. The number of likely N-dealkylation sites (tertiary alicyclic amines) is 1. The monoisotopic (exact) mass is 1050 g/mol. The number of carbonyl (C=O) groups is 4. The van der Waals surface area contributed by atoms with Crippen molar-refractivity contribution >= 4 is 131 Å². The maximum Gasteiger partial charge on any atom is 0.263 e. The first kappa shape index (κ1) is 51.3. The molecule has 24 nitrogen and oxygen atoms in total. The SMILES string of the molecule is C=CS(=O)(=O)CCn1c(=O)c2c(N)c3c(=O)c4ccccc4c(=O)c3c(N)c2c1=O.Nc1c2c(=O)c3ccccc3c(=O)c2c(N)c2c(=O)n(CCS(=O)(=O)CCN3C(=O)CCC3=O)c(=O)c12.O=C1CCC(=O)N1. The predicted molar refractivity (Wildman–Crippen MR) is 277 cm³/mol. The summed E-state index contributed by atoms with van der Waals surface area (Å²) < 4.78 is 49.8. The molecule has 2 aliphatic rings. The fraction of sp³-hybridized carbons (Fsp3) is 0.208. The van der Waals surface area contributed by atoms with Crippen molar-refractivity contribution in [1.82, 2.24) is 19.4 Å². The van der Waals surface area contributed by atoms with E-state index >= 15 is 0 Å². The summed E-state index contributed by atoms with van der Waals surface area (Å²) in [6.45, 7) is 1.86. The third-order valence-corrected chi connectivity index (χ3v) is 15.7. The molecule has 74 heavy (non-hydrogen) atoms. The van der Waals surface area contributed by atoms with E-state index in [9.17, 15) is 74.4 Å². The van der Waals surface area contributed by atoms with Crippen molar-refractivity contribution in [3.63, 3.8) is 0 Å². The Labute approximate surface area is 412 Å². The number of nitrogens with zero attached hydrogens (tertiary/aromatic N) is 3. The number of carbonyl (C=O) groups excluding carboxylic acids is 4. The van der Waals surface area contributed by atoms with Gasteiger partial charge in [0.15, 0.2) is 41.4 Å². The second kappa shape index (κ2) is 18.9. The van der Waals surface area contributed by atoms with Crippen molar-refractivity contribution in [2.75, 3.05) is 46.7 Å². The molecule has 4 heterocycles. The van der Waals surface area contributed by atoms with E-state index in [4.69, 9.17) is 22.9 Å². The van der Waals surface area contributed by atoms with Gasteiger partial charge in [-0.2, -0.15) is 0 Å². The van der Waals surface area contributed by atoms with Crippen LogP contribution in [0.25, 0.3) is 64.6 Å². The lowest BCUT2D eigenvalue weighted by atomic mass is 9.97. The van der Waals surface area contributed by atoms with Gasteiger partial charge in [-0.05, 0) is 0 Å². The van der Waals surface area contributed by atoms with Gasteiger partial charge in [-0.15, -0.1) is 0 Å². The van der Waals surface area contributed by atoms with E-state index in [-0.39, 0.29) is 119 Å². The second-order valence-corrected chi connectivity index (χ2v) is 21.6. The van der Waals surface area contributed by atoms with Crippen LogP contribution in [0.2, 0.25) is 0 Å². The van der Waals surface area contributed by atoms with E-state index in [1.165, 1.54) is 24.3 Å². The van der Waals surface area contributed by atoms with E-state index in [1.807, 2.05) is 0 Å². The minimum Gasteiger partial charge on any atom is -0.397 e. The normalized spacial score (nSPS) is 14.1. The molecular weight excluding hydrogens is 1010 g/mol. The molecule has 0 unspecified atom stereocenters. The summed E-state index contributed by atoms with van der Waals surface area (Å²) in [4.78, 5) is 149. The zero-order valence-corrected chi connectivity index (χ0v) is 40.1. The van der Waals surface area contributed by atoms with Crippen LogP contribution >= 0.6 is 0 Å². The number of rotatable bonds is 10. The van der Waals surface area contributed by atoms with Gasteiger partial charge in [0.1, 0.15) is 0 Å². The highest BCUT2D eigenvalue weighted by molar-refractivity contribution is 7.94. The fourth-order valence-electron chi connectivity index (χ4n) is 9.08. The Morgan fingerprint density at radius 3 is 1.03 bits per heavy atom. The molecule has 0 saturated carbocycles. The smallest absolute Gasteiger partial charge is 0.263 e. The molecule has 2 fully saturated rings. The fourth-order valence-corrected chi connectivity index (χ4v) is 10.8. The number of nitrogen functional groups attached to an aromatic ring is 4. The number of hydrogen-bond acceptors (Lipinski definition) is 20. The number of anilines is 4. The van der Waals surface area contributed by atoms with Crippen LogP contribution in [0.15, 0.2) is 98.9 Å². The summed E-state index contributed by atoms with van der Waals surface area (Å²) in [5, 5.41) is 0.973. The Hall–Kier alpha value is -9.04. The Morgan fingerprint density at radius 1 is 0.446 bits per heavy atom. The van der Waals surface area contributed by atoms with Gasteiger partial charge < -0.3 is 22.9 Å². The highest BCUT2D eigenvalue weighted by Crippen LogP contribution is 2.33. The number of amides is 4. The summed E-state index contributed by atoms with van der Waals surface area (Å²) in [7, 11) is -7.57. The number of fused-ring (bicyclic) bond motifs is 6. The largest absolute Gasteiger partial charge is 0.397 e. The van der Waals surface area contributed by atoms with Gasteiger partial charge in [-0.25, -0.2) is 16.8 Å². The van der Waals surface area contributed by atoms with Crippen LogP contribution in [0.5, 0.6) is 0 Å². The van der Waals surface area contributed by atoms with Gasteiger partial charge in [0, 0.05) is 72.3 Å². The molecule has 380 valence electrons. The quantitative estimate of drug-likeness (QED) is 0.0446. The second-order valence-electron chi connectivity index (χ2n) is 17.2. The molecular formula is C48H40N8O16S2. The molecule has 9 N–H and O–H groups in total. The number of nitrogens with two attached hydrogens (primary N) is 4. The third kappa shape index (κ3) is 8.57. The predicted octanol–water partition coefficient (Wildman–Crippen LogP) is -1.60. The third-order valence-electron chi connectivity index (χ3n) is 12.8. The molecule has 0 spiro atoms. The first-order valence-corrected chi connectivity index (χ1v) is 25.7.